The van der Waals surface area contributed by atoms with Gasteiger partial charge in [0.1, 0.15) is 5.69 Å². The minimum absolute atomic E-state index is 0.419. The molecule has 5 heteroatoms. The second-order valence-electron chi connectivity index (χ2n) is 5.85. The summed E-state index contributed by atoms with van der Waals surface area (Å²) >= 11 is 0. The van der Waals surface area contributed by atoms with Crippen molar-refractivity contribution in [3.63, 3.8) is 0 Å². The molecule has 0 bridgehead atoms. The van der Waals surface area contributed by atoms with Crippen molar-refractivity contribution in [1.29, 1.82) is 0 Å². The highest BCUT2D eigenvalue weighted by atomic mass is 15.3. The molecular formula is C16H23N5. The van der Waals surface area contributed by atoms with Gasteiger partial charge in [-0.2, -0.15) is 5.10 Å². The van der Waals surface area contributed by atoms with Gasteiger partial charge in [0, 0.05) is 18.8 Å². The van der Waals surface area contributed by atoms with E-state index in [0.717, 1.165) is 30.2 Å². The van der Waals surface area contributed by atoms with Crippen LogP contribution in [0.4, 0.5) is 0 Å². The minimum Gasteiger partial charge on any atom is -0.292 e. The molecule has 0 aliphatic carbocycles. The van der Waals surface area contributed by atoms with Crippen LogP contribution in [0.3, 0.4) is 0 Å². The third-order valence-electron chi connectivity index (χ3n) is 4.25. The zero-order valence-electron chi connectivity index (χ0n) is 13.0. The largest absolute Gasteiger partial charge is 0.292 e. The van der Waals surface area contributed by atoms with E-state index < -0.39 is 0 Å². The molecule has 1 aliphatic heterocycles. The van der Waals surface area contributed by atoms with Crippen LogP contribution in [-0.2, 0) is 6.54 Å². The smallest absolute Gasteiger partial charge is 0.107 e. The Bertz CT molecular complexity index is 587. The number of likely N-dealkylation sites (tertiary alicyclic amines) is 1. The van der Waals surface area contributed by atoms with Crippen LogP contribution >= 0.6 is 0 Å². The van der Waals surface area contributed by atoms with Crippen LogP contribution in [0.25, 0.3) is 11.4 Å². The van der Waals surface area contributed by atoms with E-state index in [-0.39, 0.29) is 0 Å². The second kappa shape index (κ2) is 5.93. The molecule has 0 saturated carbocycles. The van der Waals surface area contributed by atoms with E-state index in [9.17, 15) is 0 Å². The van der Waals surface area contributed by atoms with Crippen LogP contribution in [0.2, 0.25) is 0 Å². The van der Waals surface area contributed by atoms with Crippen molar-refractivity contribution in [2.75, 3.05) is 6.54 Å². The maximum Gasteiger partial charge on any atom is 0.107 e. The first kappa shape index (κ1) is 14.2. The van der Waals surface area contributed by atoms with Crippen molar-refractivity contribution in [3.8, 4) is 11.4 Å². The summed E-state index contributed by atoms with van der Waals surface area (Å²) in [6.45, 7) is 8.58. The van der Waals surface area contributed by atoms with E-state index in [2.05, 4.69) is 40.7 Å². The molecule has 3 heterocycles. The predicted molar refractivity (Wildman–Crippen MR) is 82.7 cm³/mol. The lowest BCUT2D eigenvalue weighted by Gasteiger charge is -2.27. The Kier molecular flexibility index (Phi) is 4.01. The van der Waals surface area contributed by atoms with Crippen LogP contribution in [0, 0.1) is 0 Å². The highest BCUT2D eigenvalue weighted by molar-refractivity contribution is 5.52. The number of aryl methyl sites for hydroxylation is 1. The first-order valence-corrected chi connectivity index (χ1v) is 7.80. The molecule has 0 spiro atoms. The van der Waals surface area contributed by atoms with Crippen molar-refractivity contribution >= 4 is 0 Å². The fraction of sp³-hybridized carbons (Fsp3) is 0.562. The number of rotatable bonds is 4. The average Bonchev–Trinajstić information content (AvgIpc) is 3.16. The third kappa shape index (κ3) is 2.70. The molecule has 1 saturated heterocycles. The molecule has 0 amide bonds. The Morgan fingerprint density at radius 1 is 1.29 bits per heavy atom. The van der Waals surface area contributed by atoms with E-state index in [0.29, 0.717) is 12.1 Å². The third-order valence-corrected chi connectivity index (χ3v) is 4.25. The Balaban J connectivity index is 1.84. The molecule has 1 atom stereocenters. The van der Waals surface area contributed by atoms with Crippen LogP contribution in [-0.4, -0.2) is 37.2 Å². The number of nitrogens with zero attached hydrogens (tertiary/aromatic N) is 5. The molecule has 5 nitrogen and oxygen atoms in total. The van der Waals surface area contributed by atoms with Gasteiger partial charge in [0.2, 0.25) is 0 Å². The Labute approximate surface area is 126 Å². The summed E-state index contributed by atoms with van der Waals surface area (Å²) in [7, 11) is 0. The molecule has 0 aromatic carbocycles. The zero-order chi connectivity index (χ0) is 14.8. The lowest BCUT2D eigenvalue weighted by molar-refractivity contribution is 0.202. The lowest BCUT2D eigenvalue weighted by atomic mass is 10.1. The summed E-state index contributed by atoms with van der Waals surface area (Å²) in [5, 5.41) is 4.29. The molecule has 0 radical (unpaired) electrons. The highest BCUT2D eigenvalue weighted by Gasteiger charge is 2.29. The van der Waals surface area contributed by atoms with Gasteiger partial charge in [-0.05, 0) is 46.2 Å². The molecule has 1 aliphatic rings. The SMILES string of the molecule is CCn1nccc1-c1cnc(C2CCCN2C(C)C)cn1. The van der Waals surface area contributed by atoms with E-state index in [1.165, 1.54) is 12.8 Å². The Morgan fingerprint density at radius 3 is 2.81 bits per heavy atom. The van der Waals surface area contributed by atoms with Crippen LogP contribution in [0.1, 0.15) is 45.3 Å². The average molecular weight is 285 g/mol. The highest BCUT2D eigenvalue weighted by Crippen LogP contribution is 2.32. The Hall–Kier alpha value is -1.75. The molecule has 2 aromatic rings. The zero-order valence-corrected chi connectivity index (χ0v) is 13.0. The van der Waals surface area contributed by atoms with Gasteiger partial charge in [-0.25, -0.2) is 0 Å². The maximum atomic E-state index is 4.68. The molecule has 2 aromatic heterocycles. The van der Waals surface area contributed by atoms with Gasteiger partial charge in [0.25, 0.3) is 0 Å². The van der Waals surface area contributed by atoms with Crippen molar-refractivity contribution in [1.82, 2.24) is 24.6 Å². The fourth-order valence-corrected chi connectivity index (χ4v) is 3.17. The van der Waals surface area contributed by atoms with Crippen molar-refractivity contribution < 1.29 is 0 Å². The molecule has 1 unspecified atom stereocenters. The van der Waals surface area contributed by atoms with E-state index in [1.54, 1.807) is 0 Å². The molecular weight excluding hydrogens is 262 g/mol. The van der Waals surface area contributed by atoms with E-state index in [1.807, 2.05) is 29.3 Å². The Morgan fingerprint density at radius 2 is 2.14 bits per heavy atom. The van der Waals surface area contributed by atoms with E-state index >= 15 is 0 Å². The van der Waals surface area contributed by atoms with Crippen molar-refractivity contribution in [2.24, 2.45) is 0 Å². The summed E-state index contributed by atoms with van der Waals surface area (Å²) in [4.78, 5) is 11.8. The van der Waals surface area contributed by atoms with Crippen LogP contribution in [0.5, 0.6) is 0 Å². The van der Waals surface area contributed by atoms with Gasteiger partial charge in [-0.15, -0.1) is 0 Å². The van der Waals surface area contributed by atoms with Crippen molar-refractivity contribution in [3.05, 3.63) is 30.4 Å². The van der Waals surface area contributed by atoms with Gasteiger partial charge >= 0.3 is 0 Å². The first-order chi connectivity index (χ1) is 10.2. The van der Waals surface area contributed by atoms with E-state index in [4.69, 9.17) is 0 Å². The number of aromatic nitrogens is 4. The van der Waals surface area contributed by atoms with Gasteiger partial charge in [-0.3, -0.25) is 19.5 Å². The summed E-state index contributed by atoms with van der Waals surface area (Å²) < 4.78 is 1.94. The molecule has 3 rings (SSSR count). The standard InChI is InChI=1S/C16H23N5/c1-4-21-16(7-8-19-21)14-11-17-13(10-18-14)15-6-5-9-20(15)12(2)3/h7-8,10-12,15H,4-6,9H2,1-3H3. The van der Waals surface area contributed by atoms with Gasteiger partial charge in [0.05, 0.1) is 29.8 Å². The van der Waals surface area contributed by atoms with Crippen LogP contribution < -0.4 is 0 Å². The maximum absolute atomic E-state index is 4.68. The summed E-state index contributed by atoms with van der Waals surface area (Å²) in [5.74, 6) is 0. The monoisotopic (exact) mass is 285 g/mol. The normalized spacial score (nSPS) is 19.5. The minimum atomic E-state index is 0.419. The second-order valence-corrected chi connectivity index (χ2v) is 5.85. The molecule has 0 N–H and O–H groups in total. The predicted octanol–water partition coefficient (Wildman–Crippen LogP) is 2.91. The summed E-state index contributed by atoms with van der Waals surface area (Å²) in [6.07, 6.45) is 8.06. The van der Waals surface area contributed by atoms with Gasteiger partial charge < -0.3 is 0 Å². The van der Waals surface area contributed by atoms with Crippen molar-refractivity contribution in [2.45, 2.75) is 52.2 Å². The van der Waals surface area contributed by atoms with Gasteiger partial charge in [-0.1, -0.05) is 0 Å². The molecule has 21 heavy (non-hydrogen) atoms. The summed E-state index contributed by atoms with van der Waals surface area (Å²) in [6, 6.07) is 2.96. The number of hydrogen-bond donors (Lipinski definition) is 0. The first-order valence-electron chi connectivity index (χ1n) is 7.80. The topological polar surface area (TPSA) is 46.8 Å². The number of hydrogen-bond acceptors (Lipinski definition) is 4. The molecule has 112 valence electrons. The van der Waals surface area contributed by atoms with Gasteiger partial charge in [0.15, 0.2) is 0 Å². The quantitative estimate of drug-likeness (QED) is 0.866. The summed E-state index contributed by atoms with van der Waals surface area (Å²) in [5.41, 5.74) is 3.02. The molecule has 1 fully saturated rings. The lowest BCUT2D eigenvalue weighted by Crippen LogP contribution is -2.30. The fourth-order valence-electron chi connectivity index (χ4n) is 3.17. The van der Waals surface area contributed by atoms with Crippen LogP contribution in [0.15, 0.2) is 24.7 Å².